The highest BCUT2D eigenvalue weighted by atomic mass is 15.2. The standard InChI is InChI=1S/C41H39N2/c1-40(28-30-16-7-5-8-17-30)34-22-13-14-23-35(34)42(3)37(40)24-15-25-38-41(2,29-31-18-9-6-10-19-31)39-33-21-12-11-20-32(33)26-27-36(39)43(38)4/h5-27H,28-29H2,1-4H3/q+1. The Morgan fingerprint density at radius 2 is 1.28 bits per heavy atom. The third-order valence-corrected chi connectivity index (χ3v) is 9.84. The molecular weight excluding hydrogens is 520 g/mol. The van der Waals surface area contributed by atoms with Gasteiger partial charge in [-0.1, -0.05) is 109 Å². The number of allylic oxidation sites excluding steroid dienone is 4. The van der Waals surface area contributed by atoms with Gasteiger partial charge in [0, 0.05) is 41.6 Å². The first-order valence-corrected chi connectivity index (χ1v) is 15.3. The van der Waals surface area contributed by atoms with Crippen LogP contribution in [0.25, 0.3) is 10.8 Å². The summed E-state index contributed by atoms with van der Waals surface area (Å²) in [5.74, 6) is 0. The summed E-state index contributed by atoms with van der Waals surface area (Å²) in [6, 6.07) is 44.1. The van der Waals surface area contributed by atoms with Gasteiger partial charge in [0.25, 0.3) is 0 Å². The molecule has 7 rings (SSSR count). The molecule has 2 unspecified atom stereocenters. The van der Waals surface area contributed by atoms with Gasteiger partial charge in [0.1, 0.15) is 7.05 Å². The van der Waals surface area contributed by atoms with E-state index in [1.807, 2.05) is 0 Å². The Morgan fingerprint density at radius 1 is 0.674 bits per heavy atom. The van der Waals surface area contributed by atoms with Gasteiger partial charge in [0.15, 0.2) is 5.71 Å². The molecule has 0 spiro atoms. The van der Waals surface area contributed by atoms with E-state index in [0.29, 0.717) is 0 Å². The van der Waals surface area contributed by atoms with Crippen LogP contribution in [0.2, 0.25) is 0 Å². The van der Waals surface area contributed by atoms with Crippen LogP contribution in [0.4, 0.5) is 11.4 Å². The molecule has 0 radical (unpaired) electrons. The van der Waals surface area contributed by atoms with Crippen molar-refractivity contribution < 1.29 is 4.58 Å². The van der Waals surface area contributed by atoms with E-state index in [4.69, 9.17) is 0 Å². The molecule has 2 aliphatic rings. The van der Waals surface area contributed by atoms with Crippen LogP contribution in [0.3, 0.4) is 0 Å². The predicted octanol–water partition coefficient (Wildman–Crippen LogP) is 9.16. The summed E-state index contributed by atoms with van der Waals surface area (Å²) in [6.07, 6.45) is 8.91. The second-order valence-corrected chi connectivity index (χ2v) is 12.6. The molecule has 0 saturated heterocycles. The Kier molecular flexibility index (Phi) is 6.66. The average Bonchev–Trinajstić information content (AvgIpc) is 3.37. The number of benzene rings is 5. The lowest BCUT2D eigenvalue weighted by molar-refractivity contribution is -0.401. The van der Waals surface area contributed by atoms with Crippen molar-refractivity contribution in [2.75, 3.05) is 19.0 Å². The lowest BCUT2D eigenvalue weighted by atomic mass is 9.73. The van der Waals surface area contributed by atoms with E-state index in [2.05, 4.69) is 177 Å². The zero-order chi connectivity index (χ0) is 29.6. The third-order valence-electron chi connectivity index (χ3n) is 9.84. The van der Waals surface area contributed by atoms with E-state index >= 15 is 0 Å². The van der Waals surface area contributed by atoms with Crippen molar-refractivity contribution in [3.05, 3.63) is 168 Å². The Labute approximate surface area is 256 Å². The van der Waals surface area contributed by atoms with E-state index < -0.39 is 0 Å². The van der Waals surface area contributed by atoms with Gasteiger partial charge in [0.05, 0.1) is 5.41 Å². The molecule has 0 saturated carbocycles. The van der Waals surface area contributed by atoms with Gasteiger partial charge in [-0.05, 0) is 72.4 Å². The molecule has 2 nitrogen and oxygen atoms in total. The van der Waals surface area contributed by atoms with Gasteiger partial charge >= 0.3 is 0 Å². The minimum atomic E-state index is -0.181. The van der Waals surface area contributed by atoms with Crippen LogP contribution >= 0.6 is 0 Å². The molecule has 0 bridgehead atoms. The third kappa shape index (κ3) is 4.44. The molecule has 43 heavy (non-hydrogen) atoms. The number of rotatable bonds is 6. The molecule has 0 aromatic heterocycles. The molecular formula is C41H39N2+. The molecule has 2 heterocycles. The molecule has 0 fully saturated rings. The van der Waals surface area contributed by atoms with Crippen LogP contribution < -0.4 is 4.90 Å². The molecule has 5 aromatic rings. The van der Waals surface area contributed by atoms with Crippen LogP contribution in [0, 0.1) is 0 Å². The number of likely N-dealkylation sites (N-methyl/N-ethyl adjacent to an activating group) is 1. The van der Waals surface area contributed by atoms with E-state index in [0.717, 1.165) is 12.8 Å². The molecule has 0 N–H and O–H groups in total. The molecule has 2 heteroatoms. The smallest absolute Gasteiger partial charge is 0.210 e. The summed E-state index contributed by atoms with van der Waals surface area (Å²) in [6.45, 7) is 4.83. The normalized spacial score (nSPS) is 22.1. The van der Waals surface area contributed by atoms with Crippen molar-refractivity contribution in [2.24, 2.45) is 0 Å². The van der Waals surface area contributed by atoms with Gasteiger partial charge in [-0.3, -0.25) is 0 Å². The van der Waals surface area contributed by atoms with Crippen LogP contribution in [0.15, 0.2) is 145 Å². The fourth-order valence-electron chi connectivity index (χ4n) is 7.81. The van der Waals surface area contributed by atoms with Crippen molar-refractivity contribution in [3.8, 4) is 0 Å². The summed E-state index contributed by atoms with van der Waals surface area (Å²) < 4.78 is 2.41. The summed E-state index contributed by atoms with van der Waals surface area (Å²) in [5, 5.41) is 2.64. The number of hydrogen-bond donors (Lipinski definition) is 0. The van der Waals surface area contributed by atoms with Crippen molar-refractivity contribution in [1.82, 2.24) is 0 Å². The molecule has 0 amide bonds. The summed E-state index contributed by atoms with van der Waals surface area (Å²) in [5.41, 5.74) is 10.4. The highest BCUT2D eigenvalue weighted by Crippen LogP contribution is 2.49. The predicted molar refractivity (Wildman–Crippen MR) is 182 cm³/mol. The van der Waals surface area contributed by atoms with E-state index in [1.165, 1.54) is 55.8 Å². The van der Waals surface area contributed by atoms with Crippen molar-refractivity contribution in [3.63, 3.8) is 0 Å². The Hall–Kier alpha value is -4.69. The zero-order valence-electron chi connectivity index (χ0n) is 25.6. The fourth-order valence-corrected chi connectivity index (χ4v) is 7.81. The first-order valence-electron chi connectivity index (χ1n) is 15.3. The SMILES string of the molecule is CN1C(=CC=CC2=[N+](C)c3ccc4ccccc4c3C2(C)Cc2ccccc2)C(C)(Cc2ccccc2)c2ccccc21. The highest BCUT2D eigenvalue weighted by molar-refractivity contribution is 6.08. The number of anilines is 1. The van der Waals surface area contributed by atoms with Crippen molar-refractivity contribution in [2.45, 2.75) is 37.5 Å². The second kappa shape index (κ2) is 10.5. The largest absolute Gasteiger partial charge is 0.347 e. The first-order chi connectivity index (χ1) is 20.9. The van der Waals surface area contributed by atoms with Crippen LogP contribution in [-0.4, -0.2) is 24.4 Å². The van der Waals surface area contributed by atoms with Gasteiger partial charge in [-0.15, -0.1) is 0 Å². The Bertz CT molecular complexity index is 1910. The minimum Gasteiger partial charge on any atom is -0.347 e. The minimum absolute atomic E-state index is 0.129. The number of hydrogen-bond acceptors (Lipinski definition) is 1. The molecule has 2 aliphatic heterocycles. The van der Waals surface area contributed by atoms with E-state index in [9.17, 15) is 0 Å². The summed E-state index contributed by atoms with van der Waals surface area (Å²) >= 11 is 0. The Morgan fingerprint density at radius 3 is 2.00 bits per heavy atom. The Balaban J connectivity index is 1.33. The maximum Gasteiger partial charge on any atom is 0.210 e. The summed E-state index contributed by atoms with van der Waals surface area (Å²) in [7, 11) is 4.44. The maximum atomic E-state index is 2.43. The lowest BCUT2D eigenvalue weighted by Crippen LogP contribution is -2.33. The number of para-hydroxylation sites is 1. The van der Waals surface area contributed by atoms with E-state index in [1.54, 1.807) is 0 Å². The molecule has 2 atom stereocenters. The van der Waals surface area contributed by atoms with Crippen molar-refractivity contribution >= 4 is 27.9 Å². The van der Waals surface area contributed by atoms with Crippen LogP contribution in [-0.2, 0) is 23.7 Å². The van der Waals surface area contributed by atoms with Gasteiger partial charge in [-0.2, -0.15) is 4.58 Å². The van der Waals surface area contributed by atoms with Crippen LogP contribution in [0.5, 0.6) is 0 Å². The van der Waals surface area contributed by atoms with Gasteiger partial charge in [-0.25, -0.2) is 0 Å². The zero-order valence-corrected chi connectivity index (χ0v) is 25.6. The highest BCUT2D eigenvalue weighted by Gasteiger charge is 2.48. The quantitative estimate of drug-likeness (QED) is 0.188. The van der Waals surface area contributed by atoms with Gasteiger partial charge in [0.2, 0.25) is 5.69 Å². The van der Waals surface area contributed by atoms with Crippen LogP contribution in [0.1, 0.15) is 36.1 Å². The number of nitrogens with zero attached hydrogens (tertiary/aromatic N) is 2. The second-order valence-electron chi connectivity index (χ2n) is 12.6. The van der Waals surface area contributed by atoms with Crippen molar-refractivity contribution in [1.29, 1.82) is 0 Å². The fraction of sp³-hybridized carbons (Fsp3) is 0.195. The molecule has 212 valence electrons. The number of fused-ring (bicyclic) bond motifs is 4. The summed E-state index contributed by atoms with van der Waals surface area (Å²) in [4.78, 5) is 2.39. The van der Waals surface area contributed by atoms with E-state index in [-0.39, 0.29) is 10.8 Å². The lowest BCUT2D eigenvalue weighted by Gasteiger charge is -2.29. The molecule has 5 aromatic carbocycles. The maximum absolute atomic E-state index is 2.43. The topological polar surface area (TPSA) is 6.25 Å². The van der Waals surface area contributed by atoms with Gasteiger partial charge < -0.3 is 4.90 Å². The monoisotopic (exact) mass is 559 g/mol. The first kappa shape index (κ1) is 27.2. The molecule has 0 aliphatic carbocycles. The average molecular weight is 560 g/mol.